The first-order valence-corrected chi connectivity index (χ1v) is 17.0. The van der Waals surface area contributed by atoms with Crippen LogP contribution in [0.15, 0.2) is 200 Å². The molecule has 0 spiro atoms. The third-order valence-electron chi connectivity index (χ3n) is 9.99. The van der Waals surface area contributed by atoms with Crippen LogP contribution >= 0.6 is 0 Å². The molecule has 0 heterocycles. The lowest BCUT2D eigenvalue weighted by Gasteiger charge is -2.15. The van der Waals surface area contributed by atoms with Gasteiger partial charge in [-0.05, 0) is 102 Å². The van der Waals surface area contributed by atoms with Gasteiger partial charge in [-0.25, -0.2) is 0 Å². The predicted molar refractivity (Wildman–Crippen MR) is 206 cm³/mol. The average molecular weight is 623 g/mol. The van der Waals surface area contributed by atoms with Crippen molar-refractivity contribution in [2.24, 2.45) is 0 Å². The molecule has 8 aromatic rings. The lowest BCUT2D eigenvalue weighted by Crippen LogP contribution is -1.98. The van der Waals surface area contributed by atoms with E-state index in [9.17, 15) is 0 Å². The second-order valence-corrected chi connectivity index (χ2v) is 12.9. The van der Waals surface area contributed by atoms with Crippen LogP contribution in [0.2, 0.25) is 0 Å². The lowest BCUT2D eigenvalue weighted by atomic mass is 9.88. The van der Waals surface area contributed by atoms with Crippen molar-refractivity contribution in [1.29, 1.82) is 0 Å². The molecular formula is C49H34. The van der Waals surface area contributed by atoms with E-state index in [1.807, 2.05) is 0 Å². The Bertz CT molecular complexity index is 2280. The van der Waals surface area contributed by atoms with E-state index < -0.39 is 0 Å². The number of rotatable bonds is 6. The van der Waals surface area contributed by atoms with E-state index in [0.717, 1.165) is 0 Å². The minimum absolute atomic E-state index is 0.275. The van der Waals surface area contributed by atoms with E-state index in [-0.39, 0.29) is 5.92 Å². The van der Waals surface area contributed by atoms with Crippen LogP contribution in [-0.4, -0.2) is 0 Å². The quantitative estimate of drug-likeness (QED) is 0.173. The lowest BCUT2D eigenvalue weighted by molar-refractivity contribution is 1.02. The van der Waals surface area contributed by atoms with Gasteiger partial charge in [-0.1, -0.05) is 182 Å². The van der Waals surface area contributed by atoms with Gasteiger partial charge < -0.3 is 0 Å². The Kier molecular flexibility index (Phi) is 7.33. The molecule has 49 heavy (non-hydrogen) atoms. The third kappa shape index (κ3) is 5.48. The molecule has 0 fully saturated rings. The van der Waals surface area contributed by atoms with E-state index in [0.29, 0.717) is 0 Å². The topological polar surface area (TPSA) is 0 Å². The highest BCUT2D eigenvalue weighted by Crippen LogP contribution is 2.48. The number of fused-ring (bicyclic) bond motifs is 3. The van der Waals surface area contributed by atoms with Crippen LogP contribution in [0, 0.1) is 0 Å². The van der Waals surface area contributed by atoms with Gasteiger partial charge in [-0.3, -0.25) is 0 Å². The van der Waals surface area contributed by atoms with Gasteiger partial charge in [0, 0.05) is 5.92 Å². The monoisotopic (exact) mass is 622 g/mol. The van der Waals surface area contributed by atoms with Crippen LogP contribution in [0.3, 0.4) is 0 Å². The Balaban J connectivity index is 0.973. The highest BCUT2D eigenvalue weighted by molar-refractivity contribution is 5.83. The summed E-state index contributed by atoms with van der Waals surface area (Å²) in [6.07, 6.45) is 0. The zero-order chi connectivity index (χ0) is 32.6. The minimum Gasteiger partial charge on any atom is -0.0622 e. The van der Waals surface area contributed by atoms with E-state index in [4.69, 9.17) is 0 Å². The van der Waals surface area contributed by atoms with Crippen molar-refractivity contribution in [2.75, 3.05) is 0 Å². The largest absolute Gasteiger partial charge is 0.0622 e. The number of benzene rings is 8. The van der Waals surface area contributed by atoms with Crippen molar-refractivity contribution >= 4 is 0 Å². The molecule has 1 aliphatic carbocycles. The van der Waals surface area contributed by atoms with Crippen LogP contribution in [-0.2, 0) is 0 Å². The van der Waals surface area contributed by atoms with Crippen LogP contribution in [0.25, 0.3) is 66.8 Å². The average Bonchev–Trinajstić information content (AvgIpc) is 3.53. The van der Waals surface area contributed by atoms with E-state index >= 15 is 0 Å². The Morgan fingerprint density at radius 3 is 0.898 bits per heavy atom. The molecule has 230 valence electrons. The zero-order valence-electron chi connectivity index (χ0n) is 27.1. The van der Waals surface area contributed by atoms with Gasteiger partial charge in [0.15, 0.2) is 0 Å². The van der Waals surface area contributed by atoms with Gasteiger partial charge in [0.2, 0.25) is 0 Å². The molecule has 0 unspecified atom stereocenters. The molecule has 0 aliphatic heterocycles. The molecule has 0 radical (unpaired) electrons. The number of hydrogen-bond donors (Lipinski definition) is 0. The van der Waals surface area contributed by atoms with Crippen molar-refractivity contribution in [3.63, 3.8) is 0 Å². The highest BCUT2D eigenvalue weighted by Gasteiger charge is 2.29. The normalized spacial score (nSPS) is 12.0. The molecule has 0 saturated heterocycles. The second-order valence-electron chi connectivity index (χ2n) is 12.9. The highest BCUT2D eigenvalue weighted by atomic mass is 14.3. The van der Waals surface area contributed by atoms with Crippen molar-refractivity contribution in [2.45, 2.75) is 5.92 Å². The van der Waals surface area contributed by atoms with Gasteiger partial charge in [-0.15, -0.1) is 0 Å². The maximum absolute atomic E-state index is 2.31. The van der Waals surface area contributed by atoms with Crippen LogP contribution in [0.1, 0.15) is 22.6 Å². The summed E-state index contributed by atoms with van der Waals surface area (Å²) in [4.78, 5) is 0. The minimum atomic E-state index is 0.275. The molecule has 0 N–H and O–H groups in total. The summed E-state index contributed by atoms with van der Waals surface area (Å²) in [6, 6.07) is 73.0. The Labute approximate surface area is 288 Å². The summed E-state index contributed by atoms with van der Waals surface area (Å²) in [5.74, 6) is 0.275. The molecule has 8 aromatic carbocycles. The standard InChI is InChI=1S/C49H34/c1-3-11-34(12-4-1)42-31-43(35-13-5-2-6-14-35)33-44(32-42)40-25-23-38(24-26-40)36-19-21-37(22-20-36)39-27-29-41(30-28-39)49-47-17-9-7-15-45(47)46-16-8-10-18-48(46)49/h1-33,49H. The maximum Gasteiger partial charge on any atom is 0.0352 e. The van der Waals surface area contributed by atoms with Crippen LogP contribution in [0.5, 0.6) is 0 Å². The molecule has 0 bridgehead atoms. The first-order valence-electron chi connectivity index (χ1n) is 17.0. The second kappa shape index (κ2) is 12.4. The molecule has 0 amide bonds. The summed E-state index contributed by atoms with van der Waals surface area (Å²) < 4.78 is 0. The molecule has 0 saturated carbocycles. The Hall–Kier alpha value is -6.24. The predicted octanol–water partition coefficient (Wildman–Crippen LogP) is 13.2. The van der Waals surface area contributed by atoms with Crippen molar-refractivity contribution in [1.82, 2.24) is 0 Å². The summed E-state index contributed by atoms with van der Waals surface area (Å²) in [6.45, 7) is 0. The summed E-state index contributed by atoms with van der Waals surface area (Å²) in [5, 5.41) is 0. The molecular weight excluding hydrogens is 589 g/mol. The van der Waals surface area contributed by atoms with Crippen molar-refractivity contribution < 1.29 is 0 Å². The molecule has 9 rings (SSSR count). The Morgan fingerprint density at radius 1 is 0.224 bits per heavy atom. The zero-order valence-corrected chi connectivity index (χ0v) is 27.1. The molecule has 0 nitrogen and oxygen atoms in total. The first-order chi connectivity index (χ1) is 24.3. The molecule has 1 aliphatic rings. The SMILES string of the molecule is c1ccc(-c2cc(-c3ccccc3)cc(-c3ccc(-c4ccc(-c5ccc(C6c7ccccc7-c7ccccc76)cc5)cc4)cc3)c2)cc1. The maximum atomic E-state index is 2.31. The number of hydrogen-bond acceptors (Lipinski definition) is 0. The van der Waals surface area contributed by atoms with E-state index in [2.05, 4.69) is 200 Å². The van der Waals surface area contributed by atoms with Crippen LogP contribution < -0.4 is 0 Å². The van der Waals surface area contributed by atoms with Crippen LogP contribution in [0.4, 0.5) is 0 Å². The van der Waals surface area contributed by atoms with Gasteiger partial charge >= 0.3 is 0 Å². The van der Waals surface area contributed by atoms with E-state index in [1.54, 1.807) is 0 Å². The van der Waals surface area contributed by atoms with Crippen molar-refractivity contribution in [3.05, 3.63) is 217 Å². The molecule has 0 aromatic heterocycles. The van der Waals surface area contributed by atoms with Crippen molar-refractivity contribution in [3.8, 4) is 66.8 Å². The van der Waals surface area contributed by atoms with Gasteiger partial charge in [0.25, 0.3) is 0 Å². The first kappa shape index (κ1) is 28.9. The summed E-state index contributed by atoms with van der Waals surface area (Å²) >= 11 is 0. The fourth-order valence-electron chi connectivity index (χ4n) is 7.48. The van der Waals surface area contributed by atoms with Gasteiger partial charge in [0.05, 0.1) is 0 Å². The third-order valence-corrected chi connectivity index (χ3v) is 9.99. The fraction of sp³-hybridized carbons (Fsp3) is 0.0204. The summed E-state index contributed by atoms with van der Waals surface area (Å²) in [7, 11) is 0. The Morgan fingerprint density at radius 2 is 0.510 bits per heavy atom. The summed E-state index contributed by atoms with van der Waals surface area (Å²) in [5.41, 5.74) is 19.1. The smallest absolute Gasteiger partial charge is 0.0352 e. The van der Waals surface area contributed by atoms with E-state index in [1.165, 1.54) is 83.5 Å². The fourth-order valence-corrected chi connectivity index (χ4v) is 7.48. The molecule has 0 atom stereocenters. The van der Waals surface area contributed by atoms with Gasteiger partial charge in [0.1, 0.15) is 0 Å². The molecule has 0 heteroatoms. The van der Waals surface area contributed by atoms with Gasteiger partial charge in [-0.2, -0.15) is 0 Å².